The zero-order chi connectivity index (χ0) is 16.6. The summed E-state index contributed by atoms with van der Waals surface area (Å²) in [5.74, 6) is -0.365. The fourth-order valence-electron chi connectivity index (χ4n) is 1.81. The van der Waals surface area contributed by atoms with Gasteiger partial charge in [-0.3, -0.25) is 10.1 Å². The first-order valence-electron chi connectivity index (χ1n) is 6.11. The molecule has 0 atom stereocenters. The molecule has 3 aromatic rings. The Labute approximate surface area is 159 Å². The highest BCUT2D eigenvalue weighted by Gasteiger charge is 2.16. The summed E-state index contributed by atoms with van der Waals surface area (Å²) in [7, 11) is 0. The molecule has 0 saturated heterocycles. The number of halogens is 4. The third-order valence-corrected chi connectivity index (χ3v) is 5.64. The summed E-state index contributed by atoms with van der Waals surface area (Å²) in [6, 6.07) is 6.64. The number of hydrogen-bond acceptors (Lipinski definition) is 4. The van der Waals surface area contributed by atoms with Crippen LogP contribution in [0, 0.1) is 0 Å². The maximum Gasteiger partial charge on any atom is 0.259 e. The van der Waals surface area contributed by atoms with Crippen molar-refractivity contribution in [3.8, 4) is 11.3 Å². The number of thiazole rings is 1. The molecule has 3 rings (SSSR count). The summed E-state index contributed by atoms with van der Waals surface area (Å²) in [5.41, 5.74) is 1.65. The largest absolute Gasteiger partial charge is 0.298 e. The van der Waals surface area contributed by atoms with E-state index in [0.717, 1.165) is 11.3 Å². The van der Waals surface area contributed by atoms with Crippen LogP contribution in [-0.2, 0) is 0 Å². The van der Waals surface area contributed by atoms with Crippen LogP contribution in [0.4, 0.5) is 5.13 Å². The summed E-state index contributed by atoms with van der Waals surface area (Å²) in [5, 5.41) is 6.00. The standard InChI is InChI=1S/C14H6Cl4N2OS2/c15-6-1-2-9(16)7(3-6)10-5-22-14(19-10)20-13(21)8-4-11(17)23-12(8)18/h1-5H,(H,19,20,21). The van der Waals surface area contributed by atoms with Crippen molar-refractivity contribution in [2.75, 3.05) is 5.32 Å². The molecule has 1 aromatic carbocycles. The minimum atomic E-state index is -0.365. The number of benzene rings is 1. The Bertz CT molecular complexity index is 891. The van der Waals surface area contributed by atoms with Gasteiger partial charge in [-0.1, -0.05) is 46.4 Å². The SMILES string of the molecule is O=C(Nc1nc(-c2cc(Cl)ccc2Cl)cs1)c1cc(Cl)sc1Cl. The van der Waals surface area contributed by atoms with E-state index in [1.54, 1.807) is 23.6 Å². The Hall–Kier alpha value is -0.820. The molecule has 2 aromatic heterocycles. The first-order chi connectivity index (χ1) is 10.9. The van der Waals surface area contributed by atoms with E-state index >= 15 is 0 Å². The Morgan fingerprint density at radius 3 is 2.61 bits per heavy atom. The van der Waals surface area contributed by atoms with E-state index < -0.39 is 0 Å². The van der Waals surface area contributed by atoms with Gasteiger partial charge in [-0.25, -0.2) is 4.98 Å². The number of amides is 1. The van der Waals surface area contributed by atoms with Gasteiger partial charge in [0.25, 0.3) is 5.91 Å². The van der Waals surface area contributed by atoms with E-state index in [1.807, 2.05) is 0 Å². The molecule has 0 unspecified atom stereocenters. The number of carbonyl (C=O) groups excluding carboxylic acids is 1. The molecule has 0 aliphatic rings. The van der Waals surface area contributed by atoms with E-state index in [-0.39, 0.29) is 5.91 Å². The molecule has 118 valence electrons. The second-order valence-electron chi connectivity index (χ2n) is 4.35. The Morgan fingerprint density at radius 1 is 1.13 bits per heavy atom. The lowest BCUT2D eigenvalue weighted by Gasteiger charge is -2.02. The van der Waals surface area contributed by atoms with E-state index in [9.17, 15) is 4.79 Å². The molecule has 0 aliphatic carbocycles. The van der Waals surface area contributed by atoms with Crippen molar-refractivity contribution >= 4 is 80.1 Å². The number of rotatable bonds is 3. The molecule has 23 heavy (non-hydrogen) atoms. The van der Waals surface area contributed by atoms with E-state index in [4.69, 9.17) is 46.4 Å². The van der Waals surface area contributed by atoms with Gasteiger partial charge in [0.05, 0.1) is 20.6 Å². The number of nitrogens with one attached hydrogen (secondary N) is 1. The van der Waals surface area contributed by atoms with Crippen LogP contribution in [0.3, 0.4) is 0 Å². The van der Waals surface area contributed by atoms with Crippen LogP contribution < -0.4 is 5.32 Å². The van der Waals surface area contributed by atoms with Gasteiger partial charge in [-0.2, -0.15) is 0 Å². The predicted octanol–water partition coefficient (Wildman–Crippen LogP) is 6.74. The number of anilines is 1. The van der Waals surface area contributed by atoms with Gasteiger partial charge < -0.3 is 0 Å². The highest BCUT2D eigenvalue weighted by molar-refractivity contribution is 7.20. The smallest absolute Gasteiger partial charge is 0.259 e. The number of aromatic nitrogens is 1. The zero-order valence-electron chi connectivity index (χ0n) is 11.1. The molecule has 2 heterocycles. The normalized spacial score (nSPS) is 10.8. The molecular formula is C14H6Cl4N2OS2. The predicted molar refractivity (Wildman–Crippen MR) is 99.9 cm³/mol. The summed E-state index contributed by atoms with van der Waals surface area (Å²) >= 11 is 26.4. The van der Waals surface area contributed by atoms with Crippen molar-refractivity contribution in [2.45, 2.75) is 0 Å². The van der Waals surface area contributed by atoms with Crippen molar-refractivity contribution in [1.82, 2.24) is 4.98 Å². The Balaban J connectivity index is 1.84. The zero-order valence-corrected chi connectivity index (χ0v) is 15.7. The van der Waals surface area contributed by atoms with Crippen molar-refractivity contribution in [3.63, 3.8) is 0 Å². The third kappa shape index (κ3) is 3.82. The van der Waals surface area contributed by atoms with Gasteiger partial charge in [0.15, 0.2) is 5.13 Å². The van der Waals surface area contributed by atoms with Crippen LogP contribution in [0.25, 0.3) is 11.3 Å². The van der Waals surface area contributed by atoms with Crippen molar-refractivity contribution in [3.05, 3.63) is 53.9 Å². The number of hydrogen-bond donors (Lipinski definition) is 1. The summed E-state index contributed by atoms with van der Waals surface area (Å²) < 4.78 is 0.785. The number of thiophene rings is 1. The lowest BCUT2D eigenvalue weighted by molar-refractivity contribution is 0.102. The lowest BCUT2D eigenvalue weighted by atomic mass is 10.2. The minimum absolute atomic E-state index is 0.319. The molecular weight excluding hydrogens is 418 g/mol. The van der Waals surface area contributed by atoms with E-state index in [2.05, 4.69) is 10.3 Å². The van der Waals surface area contributed by atoms with Gasteiger partial charge in [-0.15, -0.1) is 22.7 Å². The molecule has 0 spiro atoms. The maximum absolute atomic E-state index is 12.2. The van der Waals surface area contributed by atoms with E-state index in [1.165, 1.54) is 17.4 Å². The highest BCUT2D eigenvalue weighted by atomic mass is 35.5. The van der Waals surface area contributed by atoms with Crippen molar-refractivity contribution < 1.29 is 4.79 Å². The van der Waals surface area contributed by atoms with Gasteiger partial charge >= 0.3 is 0 Å². The van der Waals surface area contributed by atoms with Crippen molar-refractivity contribution in [1.29, 1.82) is 0 Å². The molecule has 3 nitrogen and oxygen atoms in total. The lowest BCUT2D eigenvalue weighted by Crippen LogP contribution is -2.11. The van der Waals surface area contributed by atoms with Gasteiger partial charge in [0.2, 0.25) is 0 Å². The molecule has 0 fully saturated rings. The van der Waals surface area contributed by atoms with Crippen LogP contribution >= 0.6 is 69.1 Å². The first-order valence-corrected chi connectivity index (χ1v) is 9.32. The molecule has 1 amide bonds. The molecule has 0 saturated carbocycles. The van der Waals surface area contributed by atoms with Crippen LogP contribution in [-0.4, -0.2) is 10.9 Å². The maximum atomic E-state index is 12.2. The summed E-state index contributed by atoms with van der Waals surface area (Å²) in [4.78, 5) is 16.5. The first kappa shape index (κ1) is 17.0. The van der Waals surface area contributed by atoms with E-state index in [0.29, 0.717) is 40.7 Å². The average molecular weight is 424 g/mol. The highest BCUT2D eigenvalue weighted by Crippen LogP contribution is 2.34. The fraction of sp³-hybridized carbons (Fsp3) is 0. The molecule has 9 heteroatoms. The van der Waals surface area contributed by atoms with Gasteiger partial charge in [-0.05, 0) is 24.3 Å². The quantitative estimate of drug-likeness (QED) is 0.506. The average Bonchev–Trinajstić information content (AvgIpc) is 3.08. The fourth-order valence-corrected chi connectivity index (χ4v) is 4.36. The monoisotopic (exact) mass is 422 g/mol. The third-order valence-electron chi connectivity index (χ3n) is 2.83. The second kappa shape index (κ2) is 6.97. The molecule has 0 bridgehead atoms. The second-order valence-corrected chi connectivity index (χ2v) is 8.34. The van der Waals surface area contributed by atoms with Crippen molar-refractivity contribution in [2.24, 2.45) is 0 Å². The Kier molecular flexibility index (Phi) is 5.16. The van der Waals surface area contributed by atoms with Crippen LogP contribution in [0.5, 0.6) is 0 Å². The van der Waals surface area contributed by atoms with Crippen LogP contribution in [0.1, 0.15) is 10.4 Å². The summed E-state index contributed by atoms with van der Waals surface area (Å²) in [6.07, 6.45) is 0. The number of nitrogens with zero attached hydrogens (tertiary/aromatic N) is 1. The minimum Gasteiger partial charge on any atom is -0.298 e. The molecule has 1 N–H and O–H groups in total. The Morgan fingerprint density at radius 2 is 1.91 bits per heavy atom. The topological polar surface area (TPSA) is 42.0 Å². The van der Waals surface area contributed by atoms with Crippen LogP contribution in [0.15, 0.2) is 29.6 Å². The van der Waals surface area contributed by atoms with Gasteiger partial charge in [0.1, 0.15) is 4.34 Å². The summed E-state index contributed by atoms with van der Waals surface area (Å²) in [6.45, 7) is 0. The molecule has 0 radical (unpaired) electrons. The molecule has 0 aliphatic heterocycles. The number of carbonyl (C=O) groups is 1. The van der Waals surface area contributed by atoms with Gasteiger partial charge in [0, 0.05) is 16.0 Å². The van der Waals surface area contributed by atoms with Crippen LogP contribution in [0.2, 0.25) is 18.7 Å².